The molecular formula is C23H35FIN3O2. The van der Waals surface area contributed by atoms with Crippen LogP contribution in [0.15, 0.2) is 29.3 Å². The molecule has 5 nitrogen and oxygen atoms in total. The number of aliphatic imine (C=N–C) groups is 1. The topological polar surface area (TPSA) is 46.1 Å². The van der Waals surface area contributed by atoms with Crippen LogP contribution in [0.5, 0.6) is 0 Å². The SMILES string of the molecule is CCNC(=NCC1(c2cccc(F)c2)CC1)N1CCC(OCC2CCCO2)CC1.I. The Morgan fingerprint density at radius 3 is 2.73 bits per heavy atom. The van der Waals surface area contributed by atoms with Gasteiger partial charge in [-0.15, -0.1) is 24.0 Å². The van der Waals surface area contributed by atoms with Crippen LogP contribution in [-0.2, 0) is 14.9 Å². The Kier molecular flexibility index (Phi) is 8.77. The van der Waals surface area contributed by atoms with Crippen molar-refractivity contribution in [2.45, 2.75) is 63.1 Å². The fraction of sp³-hybridized carbons (Fsp3) is 0.696. The predicted octanol–water partition coefficient (Wildman–Crippen LogP) is 4.10. The predicted molar refractivity (Wildman–Crippen MR) is 128 cm³/mol. The number of halogens is 2. The van der Waals surface area contributed by atoms with E-state index < -0.39 is 0 Å². The van der Waals surface area contributed by atoms with E-state index in [4.69, 9.17) is 14.5 Å². The van der Waals surface area contributed by atoms with E-state index >= 15 is 0 Å². The normalized spacial score (nSPS) is 23.9. The maximum Gasteiger partial charge on any atom is 0.193 e. The number of ether oxygens (including phenoxy) is 2. The van der Waals surface area contributed by atoms with Gasteiger partial charge in [0, 0.05) is 31.7 Å². The summed E-state index contributed by atoms with van der Waals surface area (Å²) in [5, 5.41) is 3.45. The quantitative estimate of drug-likeness (QED) is 0.327. The molecule has 4 rings (SSSR count). The van der Waals surface area contributed by atoms with Crippen LogP contribution in [-0.4, -0.2) is 62.5 Å². The lowest BCUT2D eigenvalue weighted by atomic mass is 9.96. The van der Waals surface area contributed by atoms with Gasteiger partial charge in [0.2, 0.25) is 0 Å². The first-order chi connectivity index (χ1) is 14.2. The summed E-state index contributed by atoms with van der Waals surface area (Å²) in [6.07, 6.45) is 7.11. The van der Waals surface area contributed by atoms with E-state index in [9.17, 15) is 4.39 Å². The smallest absolute Gasteiger partial charge is 0.193 e. The lowest BCUT2D eigenvalue weighted by Crippen LogP contribution is -2.47. The minimum atomic E-state index is -0.158. The summed E-state index contributed by atoms with van der Waals surface area (Å²) in [5.41, 5.74) is 1.10. The van der Waals surface area contributed by atoms with Gasteiger partial charge in [0.15, 0.2) is 5.96 Å². The zero-order valence-corrected chi connectivity index (χ0v) is 20.3. The van der Waals surface area contributed by atoms with Crippen LogP contribution >= 0.6 is 24.0 Å². The molecule has 1 N–H and O–H groups in total. The van der Waals surface area contributed by atoms with Crippen LogP contribution < -0.4 is 5.32 Å². The molecule has 0 amide bonds. The van der Waals surface area contributed by atoms with Crippen LogP contribution in [0.3, 0.4) is 0 Å². The lowest BCUT2D eigenvalue weighted by Gasteiger charge is -2.34. The fourth-order valence-electron chi connectivity index (χ4n) is 4.41. The number of rotatable bonds is 7. The van der Waals surface area contributed by atoms with Crippen molar-refractivity contribution in [1.82, 2.24) is 10.2 Å². The van der Waals surface area contributed by atoms with Crippen LogP contribution in [0.1, 0.15) is 51.0 Å². The summed E-state index contributed by atoms with van der Waals surface area (Å²) < 4.78 is 25.4. The zero-order valence-electron chi connectivity index (χ0n) is 17.9. The van der Waals surface area contributed by atoms with Gasteiger partial charge >= 0.3 is 0 Å². The van der Waals surface area contributed by atoms with Gasteiger partial charge in [0.25, 0.3) is 0 Å². The molecule has 30 heavy (non-hydrogen) atoms. The third-order valence-electron chi connectivity index (χ3n) is 6.44. The Morgan fingerprint density at radius 1 is 1.30 bits per heavy atom. The molecule has 0 bridgehead atoms. The summed E-state index contributed by atoms with van der Waals surface area (Å²) in [4.78, 5) is 7.30. The van der Waals surface area contributed by atoms with Crippen molar-refractivity contribution in [1.29, 1.82) is 0 Å². The fourth-order valence-corrected chi connectivity index (χ4v) is 4.41. The van der Waals surface area contributed by atoms with E-state index in [1.54, 1.807) is 12.1 Å². The summed E-state index contributed by atoms with van der Waals surface area (Å²) in [7, 11) is 0. The van der Waals surface area contributed by atoms with Crippen LogP contribution in [0.2, 0.25) is 0 Å². The molecule has 2 aliphatic heterocycles. The molecule has 0 spiro atoms. The monoisotopic (exact) mass is 531 g/mol. The van der Waals surface area contributed by atoms with Gasteiger partial charge in [-0.05, 0) is 63.1 Å². The van der Waals surface area contributed by atoms with Gasteiger partial charge in [-0.3, -0.25) is 4.99 Å². The van der Waals surface area contributed by atoms with Gasteiger partial charge in [0.1, 0.15) is 5.82 Å². The molecule has 7 heteroatoms. The van der Waals surface area contributed by atoms with E-state index in [0.717, 1.165) is 82.9 Å². The van der Waals surface area contributed by atoms with E-state index in [1.807, 2.05) is 6.07 Å². The first kappa shape index (κ1) is 23.7. The maximum absolute atomic E-state index is 13.7. The van der Waals surface area contributed by atoms with E-state index in [-0.39, 0.29) is 35.2 Å². The number of nitrogens with one attached hydrogen (secondary N) is 1. The van der Waals surface area contributed by atoms with Crippen molar-refractivity contribution in [3.8, 4) is 0 Å². The van der Waals surface area contributed by atoms with Gasteiger partial charge in [0.05, 0.1) is 25.4 Å². The highest BCUT2D eigenvalue weighted by molar-refractivity contribution is 14.0. The molecule has 168 valence electrons. The first-order valence-corrected chi connectivity index (χ1v) is 11.2. The second-order valence-corrected chi connectivity index (χ2v) is 8.62. The van der Waals surface area contributed by atoms with Gasteiger partial charge in [-0.2, -0.15) is 0 Å². The molecule has 1 unspecified atom stereocenters. The van der Waals surface area contributed by atoms with Gasteiger partial charge in [-0.1, -0.05) is 12.1 Å². The lowest BCUT2D eigenvalue weighted by molar-refractivity contribution is -0.0367. The number of benzene rings is 1. The molecule has 1 atom stereocenters. The highest BCUT2D eigenvalue weighted by Crippen LogP contribution is 2.48. The maximum atomic E-state index is 13.7. The highest BCUT2D eigenvalue weighted by atomic mass is 127. The molecule has 1 aliphatic carbocycles. The Hall–Kier alpha value is -0.930. The standard InChI is InChI=1S/C23H34FN3O2.HI/c1-2-25-22(26-17-23(10-11-23)18-5-3-6-19(24)15-18)27-12-8-20(9-13-27)29-16-21-7-4-14-28-21;/h3,5-6,15,20-21H,2,4,7-14,16-17H2,1H3,(H,25,26);1H. The Labute approximate surface area is 196 Å². The Balaban J connectivity index is 0.00000256. The van der Waals surface area contributed by atoms with Crippen LogP contribution in [0, 0.1) is 5.82 Å². The number of hydrogen-bond acceptors (Lipinski definition) is 3. The highest BCUT2D eigenvalue weighted by Gasteiger charge is 2.44. The molecular weight excluding hydrogens is 496 g/mol. The molecule has 2 saturated heterocycles. The summed E-state index contributed by atoms with van der Waals surface area (Å²) in [6.45, 7) is 7.19. The third-order valence-corrected chi connectivity index (χ3v) is 6.44. The first-order valence-electron chi connectivity index (χ1n) is 11.2. The molecule has 3 aliphatic rings. The minimum Gasteiger partial charge on any atom is -0.376 e. The van der Waals surface area contributed by atoms with Crippen molar-refractivity contribution >= 4 is 29.9 Å². The largest absolute Gasteiger partial charge is 0.376 e. The Morgan fingerprint density at radius 2 is 2.10 bits per heavy atom. The van der Waals surface area contributed by atoms with E-state index in [1.165, 1.54) is 6.07 Å². The Bertz CT molecular complexity index is 699. The number of likely N-dealkylation sites (tertiary alicyclic amines) is 1. The van der Waals surface area contributed by atoms with Crippen LogP contribution in [0.4, 0.5) is 4.39 Å². The molecule has 3 fully saturated rings. The molecule has 1 aromatic rings. The molecule has 2 heterocycles. The summed E-state index contributed by atoms with van der Waals surface area (Å²) in [6, 6.07) is 7.03. The molecule has 0 aromatic heterocycles. The second-order valence-electron chi connectivity index (χ2n) is 8.62. The van der Waals surface area contributed by atoms with Crippen molar-refractivity contribution in [3.63, 3.8) is 0 Å². The average molecular weight is 531 g/mol. The molecule has 1 saturated carbocycles. The van der Waals surface area contributed by atoms with Crippen molar-refractivity contribution in [2.75, 3.05) is 39.4 Å². The number of piperidine rings is 1. The van der Waals surface area contributed by atoms with Gasteiger partial charge in [-0.25, -0.2) is 4.39 Å². The van der Waals surface area contributed by atoms with Crippen molar-refractivity contribution in [3.05, 3.63) is 35.6 Å². The summed E-state index contributed by atoms with van der Waals surface area (Å²) in [5.74, 6) is 0.822. The van der Waals surface area contributed by atoms with Crippen molar-refractivity contribution < 1.29 is 13.9 Å². The zero-order chi connectivity index (χ0) is 20.1. The second kappa shape index (κ2) is 11.1. The van der Waals surface area contributed by atoms with Crippen molar-refractivity contribution in [2.24, 2.45) is 4.99 Å². The van der Waals surface area contributed by atoms with Gasteiger partial charge < -0.3 is 19.7 Å². The summed E-state index contributed by atoms with van der Waals surface area (Å²) >= 11 is 0. The molecule has 1 aromatic carbocycles. The van der Waals surface area contributed by atoms with E-state index in [0.29, 0.717) is 18.8 Å². The molecule has 0 radical (unpaired) electrons. The number of nitrogens with zero attached hydrogens (tertiary/aromatic N) is 2. The third kappa shape index (κ3) is 6.07. The number of guanidine groups is 1. The van der Waals surface area contributed by atoms with Crippen LogP contribution in [0.25, 0.3) is 0 Å². The minimum absolute atomic E-state index is 0. The number of hydrogen-bond donors (Lipinski definition) is 1. The average Bonchev–Trinajstić information content (AvgIpc) is 3.35. The van der Waals surface area contributed by atoms with E-state index in [2.05, 4.69) is 17.1 Å².